The Hall–Kier alpha value is -2.74. The lowest BCUT2D eigenvalue weighted by molar-refractivity contribution is -0.121. The molecule has 0 fully saturated rings. The molecule has 0 aliphatic heterocycles. The van der Waals surface area contributed by atoms with Gasteiger partial charge in [-0.1, -0.05) is 6.07 Å². The maximum Gasteiger partial charge on any atom is 0.248 e. The number of carbonyl (C=O) groups excluding carboxylic acids is 1. The van der Waals surface area contributed by atoms with Gasteiger partial charge in [0.25, 0.3) is 0 Å². The van der Waals surface area contributed by atoms with Crippen LogP contribution in [-0.4, -0.2) is 28.2 Å². The zero-order valence-corrected chi connectivity index (χ0v) is 13.9. The van der Waals surface area contributed by atoms with Crippen LogP contribution in [-0.2, 0) is 17.8 Å². The molecule has 0 bridgehead atoms. The van der Waals surface area contributed by atoms with Crippen LogP contribution < -0.4 is 10.1 Å². The number of aromatic nitrogens is 3. The molecule has 0 atom stereocenters. The highest BCUT2D eigenvalue weighted by atomic mass is 32.1. The van der Waals surface area contributed by atoms with Crippen LogP contribution in [0.3, 0.4) is 0 Å². The monoisotopic (exact) mass is 344 g/mol. The molecule has 0 aromatic carbocycles. The Morgan fingerprint density at radius 2 is 2.25 bits per heavy atom. The standard InChI is InChI=1S/C16H16N4O3S/c1-22-14-4-2-11(9-18-14)8-17-13(21)3-5-15-19-20-16(23-15)12-6-7-24-10-12/h2,4,6-7,9-10H,3,5,8H2,1H3,(H,17,21). The molecule has 24 heavy (non-hydrogen) atoms. The normalized spacial score (nSPS) is 10.5. The molecule has 124 valence electrons. The average molecular weight is 344 g/mol. The predicted octanol–water partition coefficient (Wildman–Crippen LogP) is 2.45. The fraction of sp³-hybridized carbons (Fsp3) is 0.250. The molecular formula is C16H16N4O3S. The summed E-state index contributed by atoms with van der Waals surface area (Å²) in [5, 5.41) is 14.7. The summed E-state index contributed by atoms with van der Waals surface area (Å²) >= 11 is 1.56. The van der Waals surface area contributed by atoms with Gasteiger partial charge in [-0.3, -0.25) is 4.79 Å². The van der Waals surface area contributed by atoms with Crippen molar-refractivity contribution >= 4 is 17.2 Å². The summed E-state index contributed by atoms with van der Waals surface area (Å²) in [5.74, 6) is 1.40. The summed E-state index contributed by atoms with van der Waals surface area (Å²) in [6, 6.07) is 5.53. The van der Waals surface area contributed by atoms with Crippen LogP contribution in [0.4, 0.5) is 0 Å². The highest BCUT2D eigenvalue weighted by Crippen LogP contribution is 2.20. The van der Waals surface area contributed by atoms with E-state index in [1.165, 1.54) is 0 Å². The minimum Gasteiger partial charge on any atom is -0.481 e. The summed E-state index contributed by atoms with van der Waals surface area (Å²) < 4.78 is 10.5. The summed E-state index contributed by atoms with van der Waals surface area (Å²) in [4.78, 5) is 16.0. The topological polar surface area (TPSA) is 90.1 Å². The van der Waals surface area contributed by atoms with E-state index in [4.69, 9.17) is 9.15 Å². The molecule has 0 saturated heterocycles. The Morgan fingerprint density at radius 3 is 2.96 bits per heavy atom. The Bertz CT molecular complexity index is 784. The fourth-order valence-corrected chi connectivity index (χ4v) is 2.63. The van der Waals surface area contributed by atoms with E-state index in [2.05, 4.69) is 20.5 Å². The van der Waals surface area contributed by atoms with Crippen molar-refractivity contribution in [1.82, 2.24) is 20.5 Å². The second kappa shape index (κ2) is 7.69. The molecule has 3 heterocycles. The third-order valence-corrected chi connectivity index (χ3v) is 3.98. The van der Waals surface area contributed by atoms with E-state index in [0.717, 1.165) is 11.1 Å². The molecule has 3 rings (SSSR count). The van der Waals surface area contributed by atoms with Crippen LogP contribution in [0.25, 0.3) is 11.5 Å². The maximum atomic E-state index is 11.9. The number of methoxy groups -OCH3 is 1. The van der Waals surface area contributed by atoms with E-state index < -0.39 is 0 Å². The molecule has 7 nitrogen and oxygen atoms in total. The van der Waals surface area contributed by atoms with Gasteiger partial charge in [0, 0.05) is 42.6 Å². The van der Waals surface area contributed by atoms with Crippen molar-refractivity contribution in [1.29, 1.82) is 0 Å². The Balaban J connectivity index is 1.45. The van der Waals surface area contributed by atoms with Gasteiger partial charge in [-0.05, 0) is 17.0 Å². The van der Waals surface area contributed by atoms with Crippen LogP contribution >= 0.6 is 11.3 Å². The van der Waals surface area contributed by atoms with E-state index in [9.17, 15) is 4.79 Å². The maximum absolute atomic E-state index is 11.9. The number of nitrogens with one attached hydrogen (secondary N) is 1. The molecule has 3 aromatic heterocycles. The first-order valence-electron chi connectivity index (χ1n) is 7.35. The quantitative estimate of drug-likeness (QED) is 0.708. The van der Waals surface area contributed by atoms with E-state index >= 15 is 0 Å². The largest absolute Gasteiger partial charge is 0.481 e. The van der Waals surface area contributed by atoms with Crippen LogP contribution in [0.2, 0.25) is 0 Å². The summed E-state index contributed by atoms with van der Waals surface area (Å²) in [7, 11) is 1.56. The summed E-state index contributed by atoms with van der Waals surface area (Å²) in [6.07, 6.45) is 2.36. The van der Waals surface area contributed by atoms with Crippen molar-refractivity contribution < 1.29 is 13.9 Å². The number of carbonyl (C=O) groups is 1. The predicted molar refractivity (Wildman–Crippen MR) is 88.6 cm³/mol. The number of hydrogen-bond acceptors (Lipinski definition) is 7. The first-order valence-corrected chi connectivity index (χ1v) is 8.29. The molecular weight excluding hydrogens is 328 g/mol. The first-order chi connectivity index (χ1) is 11.7. The highest BCUT2D eigenvalue weighted by molar-refractivity contribution is 7.08. The molecule has 8 heteroatoms. The number of aryl methyl sites for hydroxylation is 1. The van der Waals surface area contributed by atoms with Crippen molar-refractivity contribution in [2.45, 2.75) is 19.4 Å². The molecule has 3 aromatic rings. The first kappa shape index (κ1) is 16.1. The number of hydrogen-bond donors (Lipinski definition) is 1. The van der Waals surface area contributed by atoms with Gasteiger partial charge >= 0.3 is 0 Å². The minimum atomic E-state index is -0.0823. The SMILES string of the molecule is COc1ccc(CNC(=O)CCc2nnc(-c3ccsc3)o2)cn1. The van der Waals surface area contributed by atoms with Gasteiger partial charge in [0.1, 0.15) is 0 Å². The molecule has 0 aliphatic rings. The van der Waals surface area contributed by atoms with Gasteiger partial charge in [-0.25, -0.2) is 4.98 Å². The lowest BCUT2D eigenvalue weighted by Gasteiger charge is -2.05. The van der Waals surface area contributed by atoms with Crippen molar-refractivity contribution in [3.63, 3.8) is 0 Å². The average Bonchev–Trinajstić information content (AvgIpc) is 3.29. The molecule has 1 amide bonds. The van der Waals surface area contributed by atoms with Crippen LogP contribution in [0.1, 0.15) is 17.9 Å². The molecule has 0 radical (unpaired) electrons. The third kappa shape index (κ3) is 4.17. The van der Waals surface area contributed by atoms with Gasteiger partial charge in [-0.2, -0.15) is 11.3 Å². The summed E-state index contributed by atoms with van der Waals surface area (Å²) in [6.45, 7) is 0.416. The van der Waals surface area contributed by atoms with E-state index in [0.29, 0.717) is 30.6 Å². The zero-order valence-electron chi connectivity index (χ0n) is 13.1. The fourth-order valence-electron chi connectivity index (χ4n) is 2.00. The molecule has 1 N–H and O–H groups in total. The van der Waals surface area contributed by atoms with Gasteiger partial charge in [0.15, 0.2) is 0 Å². The Kier molecular flexibility index (Phi) is 5.17. The van der Waals surface area contributed by atoms with Crippen LogP contribution in [0, 0.1) is 0 Å². The smallest absolute Gasteiger partial charge is 0.248 e. The lowest BCUT2D eigenvalue weighted by atomic mass is 10.2. The molecule has 0 saturated carbocycles. The Labute approximate surface area is 142 Å². The number of amides is 1. The van der Waals surface area contributed by atoms with Crippen molar-refractivity contribution in [3.8, 4) is 17.3 Å². The van der Waals surface area contributed by atoms with Crippen molar-refractivity contribution in [3.05, 3.63) is 46.6 Å². The van der Waals surface area contributed by atoms with Crippen LogP contribution in [0.5, 0.6) is 5.88 Å². The van der Waals surface area contributed by atoms with Crippen LogP contribution in [0.15, 0.2) is 39.6 Å². The third-order valence-electron chi connectivity index (χ3n) is 3.30. The summed E-state index contributed by atoms with van der Waals surface area (Å²) in [5.41, 5.74) is 1.80. The van der Waals surface area contributed by atoms with Gasteiger partial charge in [0.05, 0.1) is 7.11 Å². The van der Waals surface area contributed by atoms with Crippen molar-refractivity contribution in [2.24, 2.45) is 0 Å². The zero-order chi connectivity index (χ0) is 16.8. The van der Waals surface area contributed by atoms with E-state index in [1.807, 2.05) is 22.9 Å². The second-order valence-electron chi connectivity index (χ2n) is 5.00. The van der Waals surface area contributed by atoms with E-state index in [1.54, 1.807) is 30.7 Å². The van der Waals surface area contributed by atoms with Gasteiger partial charge in [-0.15, -0.1) is 10.2 Å². The number of nitrogens with zero attached hydrogens (tertiary/aromatic N) is 3. The van der Waals surface area contributed by atoms with Crippen molar-refractivity contribution in [2.75, 3.05) is 7.11 Å². The molecule has 0 aliphatic carbocycles. The number of rotatable bonds is 7. The molecule has 0 spiro atoms. The number of pyridine rings is 1. The second-order valence-corrected chi connectivity index (χ2v) is 5.78. The lowest BCUT2D eigenvalue weighted by Crippen LogP contribution is -2.23. The van der Waals surface area contributed by atoms with E-state index in [-0.39, 0.29) is 12.3 Å². The highest BCUT2D eigenvalue weighted by Gasteiger charge is 2.10. The minimum absolute atomic E-state index is 0.0823. The van der Waals surface area contributed by atoms with Gasteiger partial charge < -0.3 is 14.5 Å². The Morgan fingerprint density at radius 1 is 1.33 bits per heavy atom. The van der Waals surface area contributed by atoms with Gasteiger partial charge in [0.2, 0.25) is 23.6 Å². The number of thiophene rings is 1. The molecule has 0 unspecified atom stereocenters. The number of ether oxygens (including phenoxy) is 1.